The number of rotatable bonds is 4. The highest BCUT2D eigenvalue weighted by Gasteiger charge is 2.23. The SMILES string of the molecule is O=[N+]([O-])c1c(Cc2ccccc2)ncnc1-c1ccccc1. The smallest absolute Gasteiger partial charge is 0.258 e. The molecule has 5 heteroatoms. The quantitative estimate of drug-likeness (QED) is 0.543. The lowest BCUT2D eigenvalue weighted by molar-refractivity contribution is -0.385. The number of aromatic nitrogens is 2. The Bertz CT molecular complexity index is 790. The lowest BCUT2D eigenvalue weighted by Gasteiger charge is -2.06. The third-order valence-corrected chi connectivity index (χ3v) is 3.34. The van der Waals surface area contributed by atoms with E-state index in [0.717, 1.165) is 5.56 Å². The molecule has 0 spiro atoms. The minimum absolute atomic E-state index is 0.0300. The summed E-state index contributed by atoms with van der Waals surface area (Å²) in [7, 11) is 0. The van der Waals surface area contributed by atoms with Crippen LogP contribution in [0.2, 0.25) is 0 Å². The van der Waals surface area contributed by atoms with E-state index in [2.05, 4.69) is 9.97 Å². The van der Waals surface area contributed by atoms with Gasteiger partial charge in [0.2, 0.25) is 0 Å². The molecular weight excluding hydrogens is 278 g/mol. The zero-order chi connectivity index (χ0) is 15.4. The summed E-state index contributed by atoms with van der Waals surface area (Å²) >= 11 is 0. The molecule has 3 rings (SSSR count). The molecule has 0 saturated heterocycles. The lowest BCUT2D eigenvalue weighted by atomic mass is 10.0. The van der Waals surface area contributed by atoms with Crippen molar-refractivity contribution in [3.63, 3.8) is 0 Å². The molecule has 5 nitrogen and oxygen atoms in total. The van der Waals surface area contributed by atoms with Gasteiger partial charge in [-0.2, -0.15) is 0 Å². The Kier molecular flexibility index (Phi) is 3.87. The van der Waals surface area contributed by atoms with Gasteiger partial charge in [-0.15, -0.1) is 0 Å². The molecular formula is C17H13N3O2. The molecule has 0 saturated carbocycles. The topological polar surface area (TPSA) is 68.9 Å². The van der Waals surface area contributed by atoms with Crippen molar-refractivity contribution in [3.8, 4) is 11.3 Å². The van der Waals surface area contributed by atoms with Crippen molar-refractivity contribution >= 4 is 5.69 Å². The molecule has 22 heavy (non-hydrogen) atoms. The van der Waals surface area contributed by atoms with Crippen LogP contribution in [0.4, 0.5) is 5.69 Å². The fourth-order valence-electron chi connectivity index (χ4n) is 2.33. The van der Waals surface area contributed by atoms with Crippen molar-refractivity contribution in [1.82, 2.24) is 9.97 Å². The maximum absolute atomic E-state index is 11.5. The molecule has 0 aliphatic heterocycles. The molecule has 0 aliphatic carbocycles. The Morgan fingerprint density at radius 3 is 2.18 bits per heavy atom. The summed E-state index contributed by atoms with van der Waals surface area (Å²) in [6.45, 7) is 0. The van der Waals surface area contributed by atoms with Gasteiger partial charge in [0.15, 0.2) is 5.69 Å². The molecule has 0 amide bonds. The van der Waals surface area contributed by atoms with Crippen LogP contribution in [0.3, 0.4) is 0 Å². The van der Waals surface area contributed by atoms with E-state index in [1.54, 1.807) is 0 Å². The zero-order valence-corrected chi connectivity index (χ0v) is 11.7. The average molecular weight is 291 g/mol. The second kappa shape index (κ2) is 6.13. The number of benzene rings is 2. The predicted octanol–water partition coefficient (Wildman–Crippen LogP) is 3.64. The van der Waals surface area contributed by atoms with Gasteiger partial charge in [0.25, 0.3) is 0 Å². The van der Waals surface area contributed by atoms with E-state index < -0.39 is 4.92 Å². The second-order valence-electron chi connectivity index (χ2n) is 4.80. The van der Waals surface area contributed by atoms with Gasteiger partial charge in [-0.25, -0.2) is 9.97 Å². The minimum atomic E-state index is -0.402. The number of nitrogens with zero attached hydrogens (tertiary/aromatic N) is 3. The first kappa shape index (κ1) is 13.9. The molecule has 0 atom stereocenters. The van der Waals surface area contributed by atoms with Crippen LogP contribution in [0.25, 0.3) is 11.3 Å². The monoisotopic (exact) mass is 291 g/mol. The van der Waals surface area contributed by atoms with Crippen LogP contribution < -0.4 is 0 Å². The van der Waals surface area contributed by atoms with Crippen LogP contribution >= 0.6 is 0 Å². The van der Waals surface area contributed by atoms with E-state index in [-0.39, 0.29) is 5.69 Å². The van der Waals surface area contributed by atoms with E-state index in [1.807, 2.05) is 60.7 Å². The maximum Gasteiger partial charge on any atom is 0.317 e. The third-order valence-electron chi connectivity index (χ3n) is 3.34. The van der Waals surface area contributed by atoms with Crippen molar-refractivity contribution in [2.75, 3.05) is 0 Å². The number of nitro groups is 1. The van der Waals surface area contributed by atoms with Gasteiger partial charge >= 0.3 is 5.69 Å². The van der Waals surface area contributed by atoms with Gasteiger partial charge in [0.05, 0.1) is 4.92 Å². The van der Waals surface area contributed by atoms with Crippen LogP contribution in [0.1, 0.15) is 11.3 Å². The van der Waals surface area contributed by atoms with E-state index in [0.29, 0.717) is 23.4 Å². The summed E-state index contributed by atoms with van der Waals surface area (Å²) in [5, 5.41) is 11.5. The predicted molar refractivity (Wildman–Crippen MR) is 83.4 cm³/mol. The van der Waals surface area contributed by atoms with Crippen LogP contribution in [0.5, 0.6) is 0 Å². The zero-order valence-electron chi connectivity index (χ0n) is 11.7. The van der Waals surface area contributed by atoms with Gasteiger partial charge in [0, 0.05) is 12.0 Å². The fourth-order valence-corrected chi connectivity index (χ4v) is 2.33. The van der Waals surface area contributed by atoms with Crippen molar-refractivity contribution in [1.29, 1.82) is 0 Å². The Hall–Kier alpha value is -3.08. The first-order valence-electron chi connectivity index (χ1n) is 6.83. The Morgan fingerprint density at radius 2 is 1.55 bits per heavy atom. The summed E-state index contributed by atoms with van der Waals surface area (Å²) < 4.78 is 0. The Labute approximate surface area is 127 Å². The van der Waals surface area contributed by atoms with Gasteiger partial charge < -0.3 is 0 Å². The van der Waals surface area contributed by atoms with Crippen LogP contribution in [-0.4, -0.2) is 14.9 Å². The maximum atomic E-state index is 11.5. The fraction of sp³-hybridized carbons (Fsp3) is 0.0588. The largest absolute Gasteiger partial charge is 0.317 e. The van der Waals surface area contributed by atoms with Gasteiger partial charge in [-0.1, -0.05) is 60.7 Å². The summed E-state index contributed by atoms with van der Waals surface area (Å²) in [5.41, 5.74) is 2.43. The van der Waals surface area contributed by atoms with E-state index in [9.17, 15) is 10.1 Å². The van der Waals surface area contributed by atoms with E-state index in [1.165, 1.54) is 6.33 Å². The Morgan fingerprint density at radius 1 is 0.909 bits per heavy atom. The molecule has 108 valence electrons. The first-order valence-corrected chi connectivity index (χ1v) is 6.83. The molecule has 1 aromatic heterocycles. The summed E-state index contributed by atoms with van der Waals surface area (Å²) in [6, 6.07) is 18.7. The van der Waals surface area contributed by atoms with Crippen molar-refractivity contribution in [2.24, 2.45) is 0 Å². The number of hydrogen-bond donors (Lipinski definition) is 0. The molecule has 0 aliphatic rings. The molecule has 0 fully saturated rings. The van der Waals surface area contributed by atoms with E-state index >= 15 is 0 Å². The molecule has 0 N–H and O–H groups in total. The van der Waals surface area contributed by atoms with E-state index in [4.69, 9.17) is 0 Å². The normalized spacial score (nSPS) is 10.4. The molecule has 0 unspecified atom stereocenters. The van der Waals surface area contributed by atoms with Crippen LogP contribution in [0, 0.1) is 10.1 Å². The average Bonchev–Trinajstić information content (AvgIpc) is 2.56. The van der Waals surface area contributed by atoms with Gasteiger partial charge in [-0.3, -0.25) is 10.1 Å². The minimum Gasteiger partial charge on any atom is -0.258 e. The summed E-state index contributed by atoms with van der Waals surface area (Å²) in [6.07, 6.45) is 1.78. The molecule has 2 aromatic carbocycles. The number of hydrogen-bond acceptors (Lipinski definition) is 4. The van der Waals surface area contributed by atoms with Crippen molar-refractivity contribution < 1.29 is 4.92 Å². The highest BCUT2D eigenvalue weighted by Crippen LogP contribution is 2.30. The van der Waals surface area contributed by atoms with Crippen LogP contribution in [0.15, 0.2) is 67.0 Å². The summed E-state index contributed by atoms with van der Waals surface area (Å²) in [5.74, 6) is 0. The molecule has 3 aromatic rings. The second-order valence-corrected chi connectivity index (χ2v) is 4.80. The van der Waals surface area contributed by atoms with Crippen LogP contribution in [-0.2, 0) is 6.42 Å². The van der Waals surface area contributed by atoms with Gasteiger partial charge in [0.1, 0.15) is 12.0 Å². The van der Waals surface area contributed by atoms with Crippen molar-refractivity contribution in [2.45, 2.75) is 6.42 Å². The lowest BCUT2D eigenvalue weighted by Crippen LogP contribution is -2.03. The standard InChI is InChI=1S/C17H13N3O2/c21-20(22)17-15(11-13-7-3-1-4-8-13)18-12-19-16(17)14-9-5-2-6-10-14/h1-10,12H,11H2. The van der Waals surface area contributed by atoms with Crippen molar-refractivity contribution in [3.05, 3.63) is 88.4 Å². The highest BCUT2D eigenvalue weighted by molar-refractivity contribution is 5.70. The highest BCUT2D eigenvalue weighted by atomic mass is 16.6. The molecule has 0 bridgehead atoms. The van der Waals surface area contributed by atoms with Gasteiger partial charge in [-0.05, 0) is 5.56 Å². The summed E-state index contributed by atoms with van der Waals surface area (Å²) in [4.78, 5) is 19.4. The molecule has 1 heterocycles. The Balaban J connectivity index is 2.10. The third kappa shape index (κ3) is 2.83. The first-order chi connectivity index (χ1) is 10.8. The molecule has 0 radical (unpaired) electrons.